The van der Waals surface area contributed by atoms with E-state index in [0.29, 0.717) is 5.39 Å². The first kappa shape index (κ1) is 8.91. The smallest absolute Gasteiger partial charge is 0.267 e. The normalized spacial score (nSPS) is 10.8. The molecule has 2 aromatic heterocycles. The van der Waals surface area contributed by atoms with Crippen molar-refractivity contribution in [3.05, 3.63) is 53.3 Å². The minimum atomic E-state index is -0.242. The highest BCUT2D eigenvalue weighted by Crippen LogP contribution is 2.17. The lowest BCUT2D eigenvalue weighted by Crippen LogP contribution is -2.00. The molecule has 0 atom stereocenters. The van der Waals surface area contributed by atoms with Crippen LogP contribution in [0.3, 0.4) is 0 Å². The van der Waals surface area contributed by atoms with Gasteiger partial charge in [0.1, 0.15) is 6.33 Å². The van der Waals surface area contributed by atoms with E-state index in [-0.39, 0.29) is 5.56 Å². The average molecular weight is 209 g/mol. The molecule has 0 saturated heterocycles. The molecule has 16 heavy (non-hydrogen) atoms. The van der Waals surface area contributed by atoms with Gasteiger partial charge in [-0.3, -0.25) is 4.79 Å². The molecule has 0 spiro atoms. The molecule has 0 amide bonds. The summed E-state index contributed by atoms with van der Waals surface area (Å²) in [4.78, 5) is 23.7. The molecule has 2 heterocycles. The molecule has 0 bridgehead atoms. The molecule has 1 aromatic carbocycles. The van der Waals surface area contributed by atoms with Gasteiger partial charge in [0, 0.05) is 23.2 Å². The Morgan fingerprint density at radius 1 is 0.938 bits per heavy atom. The molecule has 0 radical (unpaired) electrons. The molecular formula is C12H7N3O. The van der Waals surface area contributed by atoms with E-state index in [0.717, 1.165) is 16.3 Å². The molecule has 0 aliphatic carbocycles. The maximum atomic E-state index is 11.7. The zero-order valence-corrected chi connectivity index (χ0v) is 8.29. The van der Waals surface area contributed by atoms with Crippen molar-refractivity contribution in [3.8, 4) is 0 Å². The summed E-state index contributed by atoms with van der Waals surface area (Å²) in [6, 6.07) is 7.32. The molecule has 4 heteroatoms. The van der Waals surface area contributed by atoms with Gasteiger partial charge in [-0.2, -0.15) is 0 Å². The topological polar surface area (TPSA) is 55.7 Å². The van der Waals surface area contributed by atoms with Crippen LogP contribution in [0.4, 0.5) is 0 Å². The maximum Gasteiger partial charge on any atom is 0.277 e. The van der Waals surface area contributed by atoms with Crippen LogP contribution in [-0.4, -0.2) is 15.0 Å². The Bertz CT molecular complexity index is 740. The zero-order valence-electron chi connectivity index (χ0n) is 8.29. The third kappa shape index (κ3) is 1.24. The number of aromatic nitrogens is 3. The Morgan fingerprint density at radius 3 is 2.62 bits per heavy atom. The lowest BCUT2D eigenvalue weighted by molar-refractivity contribution is 1.22. The molecule has 0 aliphatic rings. The van der Waals surface area contributed by atoms with Crippen molar-refractivity contribution in [1.29, 1.82) is 0 Å². The minimum absolute atomic E-state index is 0.242. The van der Waals surface area contributed by atoms with Crippen LogP contribution in [0, 0.1) is 0 Å². The monoisotopic (exact) mass is 209 g/mol. The summed E-state index contributed by atoms with van der Waals surface area (Å²) in [5.74, 6) is 0. The molecule has 76 valence electrons. The Labute approximate surface area is 90.6 Å². The quantitative estimate of drug-likeness (QED) is 0.563. The second-order valence-electron chi connectivity index (χ2n) is 3.44. The highest BCUT2D eigenvalue weighted by molar-refractivity contribution is 6.02. The van der Waals surface area contributed by atoms with E-state index >= 15 is 0 Å². The summed E-state index contributed by atoms with van der Waals surface area (Å²) in [5.41, 5.74) is 0.508. The van der Waals surface area contributed by atoms with Gasteiger partial charge < -0.3 is 0 Å². The van der Waals surface area contributed by atoms with Crippen molar-refractivity contribution < 1.29 is 0 Å². The average Bonchev–Trinajstić information content (AvgIpc) is 2.49. The predicted molar refractivity (Wildman–Crippen MR) is 61.1 cm³/mol. The van der Waals surface area contributed by atoms with Gasteiger partial charge in [0.05, 0.1) is 10.9 Å². The van der Waals surface area contributed by atoms with Gasteiger partial charge in [0.25, 0.3) is 5.56 Å². The van der Waals surface area contributed by atoms with E-state index in [1.165, 1.54) is 12.5 Å². The first-order chi connectivity index (χ1) is 7.86. The number of rotatable bonds is 0. The summed E-state index contributed by atoms with van der Waals surface area (Å²) < 4.78 is 0. The summed E-state index contributed by atoms with van der Waals surface area (Å²) in [5, 5.41) is 2.15. The van der Waals surface area contributed by atoms with Crippen LogP contribution >= 0.6 is 0 Å². The standard InChI is InChI=1S/C12H7N3O/c16-12-10-4-2-1-3-9(10)11-8(6-14-12)5-13-7-15-11/h1-7H. The Morgan fingerprint density at radius 2 is 1.75 bits per heavy atom. The van der Waals surface area contributed by atoms with Gasteiger partial charge in [0.2, 0.25) is 0 Å². The summed E-state index contributed by atoms with van der Waals surface area (Å²) in [6.07, 6.45) is 4.64. The molecule has 0 saturated carbocycles. The lowest BCUT2D eigenvalue weighted by atomic mass is 10.1. The minimum Gasteiger partial charge on any atom is -0.267 e. The van der Waals surface area contributed by atoms with Crippen molar-refractivity contribution in [1.82, 2.24) is 15.0 Å². The Balaban J connectivity index is 2.74. The number of hydrogen-bond donors (Lipinski definition) is 0. The third-order valence-corrected chi connectivity index (χ3v) is 2.47. The zero-order chi connectivity index (χ0) is 11.0. The van der Waals surface area contributed by atoms with Gasteiger partial charge in [-0.25, -0.2) is 15.0 Å². The molecule has 0 N–H and O–H groups in total. The predicted octanol–water partition coefficient (Wildman–Crippen LogP) is 1.54. The molecule has 0 fully saturated rings. The third-order valence-electron chi connectivity index (χ3n) is 2.47. The van der Waals surface area contributed by atoms with Crippen molar-refractivity contribution >= 4 is 21.7 Å². The van der Waals surface area contributed by atoms with Crippen molar-refractivity contribution in [2.45, 2.75) is 0 Å². The summed E-state index contributed by atoms with van der Waals surface area (Å²) >= 11 is 0. The molecule has 3 rings (SSSR count). The molecule has 4 nitrogen and oxygen atoms in total. The summed E-state index contributed by atoms with van der Waals surface area (Å²) in [7, 11) is 0. The van der Waals surface area contributed by atoms with Gasteiger partial charge in [-0.15, -0.1) is 0 Å². The fraction of sp³-hybridized carbons (Fsp3) is 0. The first-order valence-electron chi connectivity index (χ1n) is 4.84. The fourth-order valence-corrected chi connectivity index (χ4v) is 1.73. The van der Waals surface area contributed by atoms with Gasteiger partial charge in [0.15, 0.2) is 0 Å². The van der Waals surface area contributed by atoms with E-state index in [1.807, 2.05) is 18.2 Å². The number of hydrogen-bond acceptors (Lipinski definition) is 4. The van der Waals surface area contributed by atoms with E-state index in [4.69, 9.17) is 0 Å². The highest BCUT2D eigenvalue weighted by Gasteiger charge is 2.02. The molecular weight excluding hydrogens is 202 g/mol. The molecule has 0 aliphatic heterocycles. The number of nitrogens with zero attached hydrogens (tertiary/aromatic N) is 3. The van der Waals surface area contributed by atoms with E-state index in [9.17, 15) is 4.79 Å². The summed E-state index contributed by atoms with van der Waals surface area (Å²) in [6.45, 7) is 0. The van der Waals surface area contributed by atoms with E-state index in [2.05, 4.69) is 15.0 Å². The van der Waals surface area contributed by atoms with Crippen LogP contribution in [0.2, 0.25) is 0 Å². The van der Waals surface area contributed by atoms with Crippen molar-refractivity contribution in [2.24, 2.45) is 0 Å². The Kier molecular flexibility index (Phi) is 1.86. The maximum absolute atomic E-state index is 11.7. The van der Waals surface area contributed by atoms with Crippen LogP contribution in [0.5, 0.6) is 0 Å². The second kappa shape index (κ2) is 3.34. The van der Waals surface area contributed by atoms with Gasteiger partial charge in [-0.1, -0.05) is 18.2 Å². The largest absolute Gasteiger partial charge is 0.277 e. The van der Waals surface area contributed by atoms with Crippen molar-refractivity contribution in [3.63, 3.8) is 0 Å². The van der Waals surface area contributed by atoms with Crippen LogP contribution in [0.1, 0.15) is 0 Å². The van der Waals surface area contributed by atoms with Gasteiger partial charge >= 0.3 is 0 Å². The van der Waals surface area contributed by atoms with Crippen LogP contribution in [0.25, 0.3) is 21.7 Å². The highest BCUT2D eigenvalue weighted by atomic mass is 16.1. The number of fused-ring (bicyclic) bond motifs is 3. The molecule has 3 aromatic rings. The molecule has 0 unspecified atom stereocenters. The SMILES string of the molecule is O=c1ncc2cncnc2c2ccccc12. The fourth-order valence-electron chi connectivity index (χ4n) is 1.73. The van der Waals surface area contributed by atoms with Crippen LogP contribution < -0.4 is 5.56 Å². The van der Waals surface area contributed by atoms with E-state index in [1.54, 1.807) is 12.3 Å². The Hall–Kier alpha value is -2.36. The first-order valence-corrected chi connectivity index (χ1v) is 4.84. The second-order valence-corrected chi connectivity index (χ2v) is 3.44. The van der Waals surface area contributed by atoms with Crippen molar-refractivity contribution in [2.75, 3.05) is 0 Å². The number of benzene rings is 1. The van der Waals surface area contributed by atoms with Gasteiger partial charge in [-0.05, 0) is 6.07 Å². The lowest BCUT2D eigenvalue weighted by Gasteiger charge is -1.93. The van der Waals surface area contributed by atoms with Crippen LogP contribution in [0.15, 0.2) is 47.8 Å². The van der Waals surface area contributed by atoms with E-state index < -0.39 is 0 Å². The van der Waals surface area contributed by atoms with Crippen LogP contribution in [-0.2, 0) is 0 Å².